The molecule has 3 heterocycles. The molecule has 1 atom stereocenters. The number of aryl methyl sites for hydroxylation is 1. The molecular formula is C19H26N4O2S2. The first-order valence-electron chi connectivity index (χ1n) is 9.17. The molecule has 27 heavy (non-hydrogen) atoms. The zero-order valence-corrected chi connectivity index (χ0v) is 17.8. The Hall–Kier alpha value is -1.80. The molecule has 6 nitrogen and oxygen atoms in total. The lowest BCUT2D eigenvalue weighted by Crippen LogP contribution is -2.45. The fourth-order valence-electron chi connectivity index (χ4n) is 3.21. The van der Waals surface area contributed by atoms with Crippen molar-refractivity contribution in [3.05, 3.63) is 32.7 Å². The van der Waals surface area contributed by atoms with Crippen LogP contribution in [-0.2, 0) is 4.79 Å². The van der Waals surface area contributed by atoms with Crippen LogP contribution >= 0.6 is 22.7 Å². The summed E-state index contributed by atoms with van der Waals surface area (Å²) in [7, 11) is 0. The summed E-state index contributed by atoms with van der Waals surface area (Å²) in [4.78, 5) is 36.6. The van der Waals surface area contributed by atoms with Crippen LogP contribution in [0.5, 0.6) is 0 Å². The van der Waals surface area contributed by atoms with Crippen LogP contribution in [0.4, 0.5) is 0 Å². The molecule has 1 saturated heterocycles. The van der Waals surface area contributed by atoms with Gasteiger partial charge in [0.25, 0.3) is 5.91 Å². The van der Waals surface area contributed by atoms with Crippen molar-refractivity contribution in [2.75, 3.05) is 13.1 Å². The van der Waals surface area contributed by atoms with Crippen molar-refractivity contribution in [1.82, 2.24) is 20.2 Å². The Balaban J connectivity index is 1.68. The minimum absolute atomic E-state index is 0.0292. The highest BCUT2D eigenvalue weighted by molar-refractivity contribution is 7.11. The number of rotatable bonds is 4. The molecule has 1 unspecified atom stereocenters. The first-order valence-corrected chi connectivity index (χ1v) is 10.9. The molecule has 2 aromatic rings. The lowest BCUT2D eigenvalue weighted by atomic mass is 9.87. The molecule has 146 valence electrons. The number of amides is 2. The van der Waals surface area contributed by atoms with Crippen molar-refractivity contribution in [3.63, 3.8) is 0 Å². The molecule has 1 aliphatic heterocycles. The zero-order valence-electron chi connectivity index (χ0n) is 16.2. The van der Waals surface area contributed by atoms with Crippen molar-refractivity contribution in [2.45, 2.75) is 46.6 Å². The Morgan fingerprint density at radius 3 is 2.44 bits per heavy atom. The molecule has 0 aromatic carbocycles. The topological polar surface area (TPSA) is 75.2 Å². The van der Waals surface area contributed by atoms with E-state index in [1.807, 2.05) is 38.0 Å². The molecule has 8 heteroatoms. The fourth-order valence-corrected chi connectivity index (χ4v) is 4.76. The van der Waals surface area contributed by atoms with Gasteiger partial charge in [0.1, 0.15) is 9.88 Å². The summed E-state index contributed by atoms with van der Waals surface area (Å²) >= 11 is 2.97. The van der Waals surface area contributed by atoms with Crippen molar-refractivity contribution in [3.8, 4) is 0 Å². The van der Waals surface area contributed by atoms with Gasteiger partial charge in [0.2, 0.25) is 5.91 Å². The van der Waals surface area contributed by atoms with E-state index in [1.165, 1.54) is 11.3 Å². The number of carbonyl (C=O) groups is 2. The summed E-state index contributed by atoms with van der Waals surface area (Å²) in [5, 5.41) is 6.09. The minimum atomic E-state index is -0.449. The molecule has 1 aliphatic rings. The summed E-state index contributed by atoms with van der Waals surface area (Å²) < 4.78 is 0. The highest BCUT2D eigenvalue weighted by Gasteiger charge is 2.34. The second kappa shape index (κ2) is 8.06. The van der Waals surface area contributed by atoms with Gasteiger partial charge in [0, 0.05) is 30.1 Å². The molecule has 0 radical (unpaired) electrons. The third kappa shape index (κ3) is 4.55. The lowest BCUT2D eigenvalue weighted by Gasteiger charge is -2.36. The molecule has 3 rings (SSSR count). The highest BCUT2D eigenvalue weighted by atomic mass is 32.1. The van der Waals surface area contributed by atoms with Crippen LogP contribution in [0.3, 0.4) is 0 Å². The van der Waals surface area contributed by atoms with Crippen molar-refractivity contribution in [1.29, 1.82) is 0 Å². The van der Waals surface area contributed by atoms with Crippen molar-refractivity contribution >= 4 is 34.5 Å². The van der Waals surface area contributed by atoms with E-state index in [0.29, 0.717) is 13.1 Å². The maximum atomic E-state index is 12.7. The zero-order chi connectivity index (χ0) is 19.6. The summed E-state index contributed by atoms with van der Waals surface area (Å²) in [6, 6.07) is -0.0980. The number of carbonyl (C=O) groups excluding carboxylic acids is 2. The Labute approximate surface area is 168 Å². The maximum Gasteiger partial charge on any atom is 0.265 e. The number of nitrogens with zero attached hydrogens (tertiary/aromatic N) is 3. The molecule has 0 bridgehead atoms. The van der Waals surface area contributed by atoms with Crippen LogP contribution in [0, 0.1) is 18.3 Å². The van der Waals surface area contributed by atoms with Crippen LogP contribution in [0.1, 0.15) is 60.0 Å². The summed E-state index contributed by atoms with van der Waals surface area (Å²) in [5.74, 6) is 0.369. The van der Waals surface area contributed by atoms with E-state index in [4.69, 9.17) is 0 Å². The predicted octanol–water partition coefficient (Wildman–Crippen LogP) is 3.66. The van der Waals surface area contributed by atoms with Gasteiger partial charge in [-0.05, 0) is 25.7 Å². The van der Waals surface area contributed by atoms with Gasteiger partial charge in [-0.3, -0.25) is 9.59 Å². The summed E-state index contributed by atoms with van der Waals surface area (Å²) in [6.45, 7) is 9.00. The number of piperidine rings is 1. The smallest absolute Gasteiger partial charge is 0.265 e. The number of likely N-dealkylation sites (tertiary alicyclic amines) is 1. The van der Waals surface area contributed by atoms with E-state index in [9.17, 15) is 9.59 Å². The average molecular weight is 407 g/mol. The Morgan fingerprint density at radius 2 is 1.93 bits per heavy atom. The molecule has 0 aliphatic carbocycles. The van der Waals surface area contributed by atoms with E-state index >= 15 is 0 Å². The summed E-state index contributed by atoms with van der Waals surface area (Å²) in [5.41, 5.74) is 2.07. The minimum Gasteiger partial charge on any atom is -0.346 e. The van der Waals surface area contributed by atoms with E-state index in [-0.39, 0.29) is 23.8 Å². The second-order valence-electron chi connectivity index (χ2n) is 7.97. The number of thiazole rings is 2. The van der Waals surface area contributed by atoms with Crippen LogP contribution in [0.15, 0.2) is 17.1 Å². The van der Waals surface area contributed by atoms with Crippen LogP contribution in [-0.4, -0.2) is 39.8 Å². The largest absolute Gasteiger partial charge is 0.346 e. The Bertz CT molecular complexity index is 787. The first-order chi connectivity index (χ1) is 12.8. The SMILES string of the molecule is Cc1ncsc1C(=O)N1CCC(C(NC(=O)C(C)(C)C)c2nccs2)CC1. The summed E-state index contributed by atoms with van der Waals surface area (Å²) in [6.07, 6.45) is 3.47. The maximum absolute atomic E-state index is 12.7. The molecule has 0 saturated carbocycles. The normalized spacial score (nSPS) is 17.0. The number of nitrogens with one attached hydrogen (secondary N) is 1. The fraction of sp³-hybridized carbons (Fsp3) is 0.579. The van der Waals surface area contributed by atoms with E-state index < -0.39 is 5.41 Å². The standard InChI is InChI=1S/C19H26N4O2S2/c1-12-15(27-11-21-12)17(24)23-8-5-13(6-9-23)14(16-20-7-10-26-16)22-18(25)19(2,3)4/h7,10-11,13-14H,5-6,8-9H2,1-4H3,(H,22,25). The van der Waals surface area contributed by atoms with Gasteiger partial charge in [-0.2, -0.15) is 0 Å². The lowest BCUT2D eigenvalue weighted by molar-refractivity contribution is -0.129. The van der Waals surface area contributed by atoms with Crippen LogP contribution < -0.4 is 5.32 Å². The van der Waals surface area contributed by atoms with Gasteiger partial charge in [-0.1, -0.05) is 20.8 Å². The van der Waals surface area contributed by atoms with Crippen molar-refractivity contribution < 1.29 is 9.59 Å². The number of aromatic nitrogens is 2. The predicted molar refractivity (Wildman–Crippen MR) is 108 cm³/mol. The molecule has 1 N–H and O–H groups in total. The Kier molecular flexibility index (Phi) is 5.95. The molecule has 2 amide bonds. The number of hydrogen-bond acceptors (Lipinski definition) is 6. The monoisotopic (exact) mass is 406 g/mol. The Morgan fingerprint density at radius 1 is 1.22 bits per heavy atom. The van der Waals surface area contributed by atoms with Gasteiger partial charge in [0.15, 0.2) is 0 Å². The van der Waals surface area contributed by atoms with Gasteiger partial charge in [0.05, 0.1) is 17.2 Å². The number of hydrogen-bond donors (Lipinski definition) is 1. The van der Waals surface area contributed by atoms with E-state index in [1.54, 1.807) is 23.0 Å². The molecule has 0 spiro atoms. The molecule has 1 fully saturated rings. The average Bonchev–Trinajstić information content (AvgIpc) is 3.30. The van der Waals surface area contributed by atoms with Crippen molar-refractivity contribution in [2.24, 2.45) is 11.3 Å². The second-order valence-corrected chi connectivity index (χ2v) is 9.75. The van der Waals surface area contributed by atoms with E-state index in [2.05, 4.69) is 15.3 Å². The van der Waals surface area contributed by atoms with Crippen LogP contribution in [0.25, 0.3) is 0 Å². The highest BCUT2D eigenvalue weighted by Crippen LogP contribution is 2.33. The third-order valence-corrected chi connectivity index (χ3v) is 6.70. The van der Waals surface area contributed by atoms with E-state index in [0.717, 1.165) is 28.4 Å². The molecular weight excluding hydrogens is 380 g/mol. The van der Waals surface area contributed by atoms with Gasteiger partial charge < -0.3 is 10.2 Å². The quantitative estimate of drug-likeness (QED) is 0.841. The van der Waals surface area contributed by atoms with Gasteiger partial charge in [-0.15, -0.1) is 22.7 Å². The third-order valence-electron chi connectivity index (χ3n) is 4.92. The van der Waals surface area contributed by atoms with Crippen LogP contribution in [0.2, 0.25) is 0 Å². The van der Waals surface area contributed by atoms with Gasteiger partial charge >= 0.3 is 0 Å². The van der Waals surface area contributed by atoms with Gasteiger partial charge in [-0.25, -0.2) is 9.97 Å². The molecule has 2 aromatic heterocycles. The first kappa shape index (κ1) is 19.9.